The molecule has 1 amide bonds. The van der Waals surface area contributed by atoms with Crippen molar-refractivity contribution < 1.29 is 9.90 Å². The maximum atomic E-state index is 12.8. The molecular formula is C19H30N4O2. The van der Waals surface area contributed by atoms with E-state index in [0.29, 0.717) is 18.4 Å². The highest BCUT2D eigenvalue weighted by molar-refractivity contribution is 6.05. The number of fused-ring (bicyclic) bond motifs is 1. The second kappa shape index (κ2) is 7.52. The molecule has 0 aromatic carbocycles. The Kier molecular flexibility index (Phi) is 5.83. The third-order valence-corrected chi connectivity index (χ3v) is 4.81. The van der Waals surface area contributed by atoms with Gasteiger partial charge < -0.3 is 10.4 Å². The van der Waals surface area contributed by atoms with Crippen LogP contribution in [0.1, 0.15) is 82.4 Å². The van der Waals surface area contributed by atoms with Gasteiger partial charge >= 0.3 is 0 Å². The molecule has 0 aliphatic rings. The van der Waals surface area contributed by atoms with Crippen LogP contribution in [0.5, 0.6) is 0 Å². The normalized spacial score (nSPS) is 12.4. The van der Waals surface area contributed by atoms with Crippen molar-refractivity contribution in [2.24, 2.45) is 0 Å². The maximum Gasteiger partial charge on any atom is 0.252 e. The molecule has 0 aliphatic heterocycles. The van der Waals surface area contributed by atoms with Crippen LogP contribution in [-0.2, 0) is 0 Å². The summed E-state index contributed by atoms with van der Waals surface area (Å²) in [6.07, 6.45) is 2.89. The minimum absolute atomic E-state index is 0.161. The molecule has 2 N–H and O–H groups in total. The SMILES string of the molecule is CCC(O)(CC)CNC(=O)c1cc(C(C)C)nc2c1cnn2C(C)C. The van der Waals surface area contributed by atoms with E-state index in [1.165, 1.54) is 0 Å². The van der Waals surface area contributed by atoms with Crippen LogP contribution in [-0.4, -0.2) is 37.9 Å². The number of carbonyl (C=O) groups excluding carboxylic acids is 1. The van der Waals surface area contributed by atoms with Gasteiger partial charge in [-0.25, -0.2) is 9.67 Å². The van der Waals surface area contributed by atoms with E-state index in [0.717, 1.165) is 16.7 Å². The first kappa shape index (κ1) is 19.4. The predicted molar refractivity (Wildman–Crippen MR) is 99.9 cm³/mol. The molecule has 0 radical (unpaired) electrons. The summed E-state index contributed by atoms with van der Waals surface area (Å²) in [6, 6.07) is 2.00. The Morgan fingerprint density at radius 3 is 2.44 bits per heavy atom. The van der Waals surface area contributed by atoms with E-state index < -0.39 is 5.60 Å². The van der Waals surface area contributed by atoms with Crippen LogP contribution >= 0.6 is 0 Å². The number of rotatable bonds is 7. The third kappa shape index (κ3) is 4.00. The highest BCUT2D eigenvalue weighted by atomic mass is 16.3. The minimum Gasteiger partial charge on any atom is -0.388 e. The number of hydrogen-bond donors (Lipinski definition) is 2. The summed E-state index contributed by atoms with van der Waals surface area (Å²) in [5.41, 5.74) is 1.29. The van der Waals surface area contributed by atoms with Gasteiger partial charge in [-0.3, -0.25) is 4.79 Å². The summed E-state index contributed by atoms with van der Waals surface area (Å²) in [4.78, 5) is 17.5. The first-order valence-corrected chi connectivity index (χ1v) is 9.11. The molecule has 25 heavy (non-hydrogen) atoms. The molecule has 6 heteroatoms. The fraction of sp³-hybridized carbons (Fsp3) is 0.632. The van der Waals surface area contributed by atoms with E-state index in [-0.39, 0.29) is 24.4 Å². The Balaban J connectivity index is 2.44. The summed E-state index contributed by atoms with van der Waals surface area (Å²) >= 11 is 0. The Bertz CT molecular complexity index is 745. The molecule has 2 aromatic heterocycles. The van der Waals surface area contributed by atoms with Crippen LogP contribution in [0.4, 0.5) is 0 Å². The number of nitrogens with zero attached hydrogens (tertiary/aromatic N) is 3. The number of nitrogens with one attached hydrogen (secondary N) is 1. The third-order valence-electron chi connectivity index (χ3n) is 4.81. The molecule has 2 aromatic rings. The number of aliphatic hydroxyl groups is 1. The molecule has 0 unspecified atom stereocenters. The van der Waals surface area contributed by atoms with Crippen molar-refractivity contribution in [1.29, 1.82) is 0 Å². The molecule has 6 nitrogen and oxygen atoms in total. The molecular weight excluding hydrogens is 316 g/mol. The molecule has 2 rings (SSSR count). The highest BCUT2D eigenvalue weighted by Gasteiger charge is 2.24. The lowest BCUT2D eigenvalue weighted by molar-refractivity contribution is 0.0314. The lowest BCUT2D eigenvalue weighted by Gasteiger charge is -2.25. The first-order valence-electron chi connectivity index (χ1n) is 9.11. The Hall–Kier alpha value is -1.95. The second-order valence-electron chi connectivity index (χ2n) is 7.28. The molecule has 0 spiro atoms. The molecule has 0 atom stereocenters. The van der Waals surface area contributed by atoms with Gasteiger partial charge in [-0.2, -0.15) is 5.10 Å². The average molecular weight is 346 g/mol. The summed E-state index contributed by atoms with van der Waals surface area (Å²) in [5.74, 6) is 0.00705. The van der Waals surface area contributed by atoms with Crippen LogP contribution in [0.25, 0.3) is 11.0 Å². The van der Waals surface area contributed by atoms with Gasteiger partial charge in [0.1, 0.15) is 0 Å². The van der Waals surface area contributed by atoms with Crippen molar-refractivity contribution in [2.75, 3.05) is 6.54 Å². The Labute approximate surface area is 149 Å². The van der Waals surface area contributed by atoms with Gasteiger partial charge in [0.2, 0.25) is 0 Å². The summed E-state index contributed by atoms with van der Waals surface area (Å²) in [6.45, 7) is 12.3. The fourth-order valence-corrected chi connectivity index (χ4v) is 2.74. The monoisotopic (exact) mass is 346 g/mol. The zero-order valence-corrected chi connectivity index (χ0v) is 16.1. The molecule has 2 heterocycles. The summed E-state index contributed by atoms with van der Waals surface area (Å²) in [7, 11) is 0. The quantitative estimate of drug-likeness (QED) is 0.805. The Morgan fingerprint density at radius 1 is 1.28 bits per heavy atom. The Morgan fingerprint density at radius 2 is 1.92 bits per heavy atom. The fourth-order valence-electron chi connectivity index (χ4n) is 2.74. The smallest absolute Gasteiger partial charge is 0.252 e. The number of aromatic nitrogens is 3. The largest absolute Gasteiger partial charge is 0.388 e. The number of hydrogen-bond acceptors (Lipinski definition) is 4. The zero-order chi connectivity index (χ0) is 18.8. The van der Waals surface area contributed by atoms with E-state index in [1.54, 1.807) is 6.20 Å². The molecule has 0 saturated carbocycles. The number of pyridine rings is 1. The number of carbonyl (C=O) groups is 1. The van der Waals surface area contributed by atoms with E-state index in [9.17, 15) is 9.90 Å². The lowest BCUT2D eigenvalue weighted by Crippen LogP contribution is -2.42. The molecule has 0 bridgehead atoms. The van der Waals surface area contributed by atoms with Crippen LogP contribution in [0, 0.1) is 0 Å². The maximum absolute atomic E-state index is 12.8. The van der Waals surface area contributed by atoms with Gasteiger partial charge in [0.05, 0.1) is 22.7 Å². The predicted octanol–water partition coefficient (Wildman–Crippen LogP) is 3.42. The van der Waals surface area contributed by atoms with Crippen molar-refractivity contribution in [3.63, 3.8) is 0 Å². The van der Waals surface area contributed by atoms with E-state index in [4.69, 9.17) is 4.98 Å². The van der Waals surface area contributed by atoms with Gasteiger partial charge in [-0.05, 0) is 38.7 Å². The van der Waals surface area contributed by atoms with E-state index in [2.05, 4.69) is 24.3 Å². The molecule has 0 aliphatic carbocycles. The second-order valence-corrected chi connectivity index (χ2v) is 7.28. The van der Waals surface area contributed by atoms with Gasteiger partial charge in [0, 0.05) is 18.3 Å². The van der Waals surface area contributed by atoms with Crippen LogP contribution in [0.15, 0.2) is 12.3 Å². The van der Waals surface area contributed by atoms with Gasteiger partial charge in [-0.15, -0.1) is 0 Å². The van der Waals surface area contributed by atoms with Crippen LogP contribution in [0.3, 0.4) is 0 Å². The summed E-state index contributed by atoms with van der Waals surface area (Å²) < 4.78 is 1.84. The highest BCUT2D eigenvalue weighted by Crippen LogP contribution is 2.24. The minimum atomic E-state index is -0.870. The van der Waals surface area contributed by atoms with Gasteiger partial charge in [0.15, 0.2) is 5.65 Å². The van der Waals surface area contributed by atoms with E-state index in [1.807, 2.05) is 38.4 Å². The van der Waals surface area contributed by atoms with Gasteiger partial charge in [0.25, 0.3) is 5.91 Å². The first-order chi connectivity index (χ1) is 11.7. The molecule has 0 saturated heterocycles. The van der Waals surface area contributed by atoms with Crippen molar-refractivity contribution >= 4 is 16.9 Å². The zero-order valence-electron chi connectivity index (χ0n) is 16.1. The van der Waals surface area contributed by atoms with Crippen molar-refractivity contribution in [3.8, 4) is 0 Å². The lowest BCUT2D eigenvalue weighted by atomic mass is 9.97. The summed E-state index contributed by atoms with van der Waals surface area (Å²) in [5, 5.41) is 18.4. The van der Waals surface area contributed by atoms with Gasteiger partial charge in [-0.1, -0.05) is 27.7 Å². The standard InChI is InChI=1S/C19H30N4O2/c1-7-19(25,8-2)11-20-18(24)14-9-16(12(3)4)22-17-15(14)10-21-23(17)13(5)6/h9-10,12-13,25H,7-8,11H2,1-6H3,(H,20,24). The van der Waals surface area contributed by atoms with Crippen LogP contribution < -0.4 is 5.32 Å². The molecule has 0 fully saturated rings. The van der Waals surface area contributed by atoms with Crippen LogP contribution in [0.2, 0.25) is 0 Å². The van der Waals surface area contributed by atoms with Crippen molar-refractivity contribution in [2.45, 2.75) is 71.9 Å². The molecule has 138 valence electrons. The van der Waals surface area contributed by atoms with Crippen molar-refractivity contribution in [1.82, 2.24) is 20.1 Å². The number of amides is 1. The van der Waals surface area contributed by atoms with E-state index >= 15 is 0 Å². The topological polar surface area (TPSA) is 80.0 Å². The van der Waals surface area contributed by atoms with Crippen molar-refractivity contribution in [3.05, 3.63) is 23.5 Å². The average Bonchev–Trinajstić information content (AvgIpc) is 3.02.